The van der Waals surface area contributed by atoms with Crippen molar-refractivity contribution in [1.29, 1.82) is 0 Å². The number of anilines is 1. The SMILES string of the molecule is [C-]#[N+]C1(N(COCC[Si](C)(C)C)S(=O)(=O)c2cc(N3C4CCC3CN(C(=O)C(C)C)C4)c3c(c2)c(-c2nnc(C(F)F)s2)nn3C)CC1. The molecule has 4 heterocycles. The van der Waals surface area contributed by atoms with Crippen LogP contribution in [0.5, 0.6) is 0 Å². The van der Waals surface area contributed by atoms with Gasteiger partial charge in [-0.3, -0.25) is 14.3 Å². The predicted molar refractivity (Wildman–Crippen MR) is 182 cm³/mol. The Morgan fingerprint density at radius 2 is 1.85 bits per heavy atom. The van der Waals surface area contributed by atoms with E-state index in [1.54, 1.807) is 17.8 Å². The molecule has 1 amide bonds. The minimum atomic E-state index is -4.30. The maximum absolute atomic E-state index is 14.7. The van der Waals surface area contributed by atoms with Gasteiger partial charge >= 0.3 is 5.66 Å². The Kier molecular flexibility index (Phi) is 9.20. The number of likely N-dealkylation sites (tertiary alicyclic amines) is 1. The Bertz CT molecular complexity index is 1850. The van der Waals surface area contributed by atoms with Gasteiger partial charge in [-0.25, -0.2) is 23.8 Å². The molecule has 0 radical (unpaired) electrons. The van der Waals surface area contributed by atoms with Crippen LogP contribution in [0.3, 0.4) is 0 Å². The lowest BCUT2D eigenvalue weighted by Crippen LogP contribution is -2.56. The van der Waals surface area contributed by atoms with E-state index in [2.05, 4.69) is 44.7 Å². The number of benzene rings is 1. The summed E-state index contributed by atoms with van der Waals surface area (Å²) in [7, 11) is -4.02. The summed E-state index contributed by atoms with van der Waals surface area (Å²) in [6.45, 7) is 19.5. The lowest BCUT2D eigenvalue weighted by atomic mass is 10.1. The van der Waals surface area contributed by atoms with Crippen LogP contribution in [0, 0.1) is 12.5 Å². The first-order valence-electron chi connectivity index (χ1n) is 16.3. The number of alkyl halides is 2. The van der Waals surface area contributed by atoms with Gasteiger partial charge in [0.25, 0.3) is 16.4 Å². The Morgan fingerprint density at radius 1 is 1.19 bits per heavy atom. The highest BCUT2D eigenvalue weighted by molar-refractivity contribution is 7.89. The Labute approximate surface area is 284 Å². The molecule has 2 saturated heterocycles. The first kappa shape index (κ1) is 34.8. The molecule has 2 aliphatic heterocycles. The minimum Gasteiger partial charge on any atom is -0.365 e. The van der Waals surface area contributed by atoms with Crippen LogP contribution in [-0.4, -0.2) is 95.8 Å². The number of carbonyl (C=O) groups excluding carboxylic acids is 1. The monoisotopic (exact) mass is 720 g/mol. The second-order valence-corrected chi connectivity index (χ2v) is 23.0. The van der Waals surface area contributed by atoms with E-state index >= 15 is 0 Å². The summed E-state index contributed by atoms with van der Waals surface area (Å²) in [5.74, 6) is -0.0578. The molecule has 1 saturated carbocycles. The first-order chi connectivity index (χ1) is 22.6. The van der Waals surface area contributed by atoms with Gasteiger partial charge in [0.15, 0.2) is 10.0 Å². The number of hydrogen-bond acceptors (Lipinski definition) is 9. The summed E-state index contributed by atoms with van der Waals surface area (Å²) in [4.78, 5) is 20.8. The van der Waals surface area contributed by atoms with E-state index in [0.717, 1.165) is 18.9 Å². The highest BCUT2D eigenvalue weighted by atomic mass is 32.2. The van der Waals surface area contributed by atoms with Gasteiger partial charge in [0, 0.05) is 58.2 Å². The van der Waals surface area contributed by atoms with E-state index in [1.165, 1.54) is 10.4 Å². The summed E-state index contributed by atoms with van der Waals surface area (Å²) < 4.78 is 65.2. The third-order valence-corrected chi connectivity index (χ3v) is 13.9. The quantitative estimate of drug-likeness (QED) is 0.103. The largest absolute Gasteiger partial charge is 0.365 e. The number of amides is 1. The molecule has 2 atom stereocenters. The zero-order chi connectivity index (χ0) is 34.8. The van der Waals surface area contributed by atoms with Crippen LogP contribution in [0.1, 0.15) is 51.0 Å². The normalized spacial score (nSPS) is 20.8. The van der Waals surface area contributed by atoms with Crippen LogP contribution < -0.4 is 4.90 Å². The van der Waals surface area contributed by atoms with Gasteiger partial charge in [0.2, 0.25) is 5.91 Å². The van der Waals surface area contributed by atoms with Crippen molar-refractivity contribution in [2.45, 2.75) is 94.3 Å². The molecule has 2 unspecified atom stereocenters. The van der Waals surface area contributed by atoms with E-state index in [-0.39, 0.29) is 46.2 Å². The molecule has 0 spiro atoms. The number of rotatable bonds is 12. The van der Waals surface area contributed by atoms with E-state index in [1.807, 2.05) is 18.7 Å². The summed E-state index contributed by atoms with van der Waals surface area (Å²) in [5.41, 5.74) is 0.281. The maximum atomic E-state index is 14.7. The smallest absolute Gasteiger partial charge is 0.303 e. The molecule has 3 aromatic rings. The molecule has 2 aromatic heterocycles. The standard InChI is InChI=1S/C31H42F2N8O4S2Si/c1-19(2)30(42)39-16-20-8-9-21(17-39)41(20)24-15-22(14-23-25(37-38(4)26(23)24)28-35-36-29(46-28)27(32)33)47(43,44)40(31(34-3)10-11-31)18-45-12-13-48(5,6)7/h14-15,19-21,27H,8-13,16-18H2,1-2,4-7H3. The average Bonchev–Trinajstić information content (AvgIpc) is 3.36. The van der Waals surface area contributed by atoms with E-state index in [0.29, 0.717) is 60.5 Å². The van der Waals surface area contributed by atoms with E-state index < -0.39 is 35.2 Å². The fourth-order valence-electron chi connectivity index (χ4n) is 6.73. The second kappa shape index (κ2) is 12.7. The number of aryl methyl sites for hydroxylation is 1. The molecule has 1 aromatic carbocycles. The fourth-order valence-corrected chi connectivity index (χ4v) is 9.85. The van der Waals surface area contributed by atoms with Crippen molar-refractivity contribution in [3.8, 4) is 10.7 Å². The summed E-state index contributed by atoms with van der Waals surface area (Å²) in [6, 6.07) is 3.88. The maximum Gasteiger partial charge on any atom is 0.303 e. The zero-order valence-electron chi connectivity index (χ0n) is 28.1. The lowest BCUT2D eigenvalue weighted by Gasteiger charge is -2.43. The van der Waals surface area contributed by atoms with Crippen LogP contribution in [0.4, 0.5) is 14.5 Å². The molecular weight excluding hydrogens is 679 g/mol. The number of ether oxygens (including phenoxy) is 1. The molecule has 12 nitrogen and oxygen atoms in total. The molecule has 2 bridgehead atoms. The van der Waals surface area contributed by atoms with Gasteiger partial charge in [0.05, 0.1) is 28.9 Å². The molecule has 1 aliphatic carbocycles. The molecule has 6 rings (SSSR count). The number of hydrogen-bond donors (Lipinski definition) is 0. The Hall–Kier alpha value is -3.04. The Balaban J connectivity index is 1.48. The molecule has 3 aliphatic rings. The second-order valence-electron chi connectivity index (χ2n) is 14.5. The van der Waals surface area contributed by atoms with Crippen molar-refractivity contribution < 1.29 is 26.7 Å². The van der Waals surface area contributed by atoms with E-state index in [9.17, 15) is 22.0 Å². The number of piperazine rings is 1. The predicted octanol–water partition coefficient (Wildman–Crippen LogP) is 5.58. The van der Waals surface area contributed by atoms with Crippen LogP contribution in [-0.2, 0) is 26.6 Å². The lowest BCUT2D eigenvalue weighted by molar-refractivity contribution is -0.135. The van der Waals surface area contributed by atoms with Crippen molar-refractivity contribution in [2.75, 3.05) is 31.3 Å². The van der Waals surface area contributed by atoms with Crippen LogP contribution in [0.25, 0.3) is 26.4 Å². The van der Waals surface area contributed by atoms with Gasteiger partial charge in [0.1, 0.15) is 12.4 Å². The highest BCUT2D eigenvalue weighted by Gasteiger charge is 2.61. The first-order valence-corrected chi connectivity index (χ1v) is 22.2. The summed E-state index contributed by atoms with van der Waals surface area (Å²) >= 11 is 0.714. The molecule has 0 N–H and O–H groups in total. The van der Waals surface area contributed by atoms with Crippen molar-refractivity contribution in [2.24, 2.45) is 13.0 Å². The third kappa shape index (κ3) is 6.37. The van der Waals surface area contributed by atoms with Crippen molar-refractivity contribution in [3.05, 3.63) is 28.6 Å². The molecule has 48 heavy (non-hydrogen) atoms. The molecule has 17 heteroatoms. The van der Waals surface area contributed by atoms with Gasteiger partial charge in [-0.2, -0.15) is 5.10 Å². The number of carbonyl (C=O) groups is 1. The average molecular weight is 721 g/mol. The van der Waals surface area contributed by atoms with E-state index in [4.69, 9.17) is 11.3 Å². The zero-order valence-corrected chi connectivity index (χ0v) is 30.7. The van der Waals surface area contributed by atoms with Crippen molar-refractivity contribution in [1.82, 2.24) is 29.2 Å². The highest BCUT2D eigenvalue weighted by Crippen LogP contribution is 2.48. The van der Waals surface area contributed by atoms with Gasteiger partial charge in [-0.15, -0.1) is 10.2 Å². The van der Waals surface area contributed by atoms with Crippen molar-refractivity contribution in [3.63, 3.8) is 0 Å². The number of fused-ring (bicyclic) bond motifs is 3. The number of halogens is 2. The van der Waals surface area contributed by atoms with Crippen molar-refractivity contribution >= 4 is 51.9 Å². The summed E-state index contributed by atoms with van der Waals surface area (Å²) in [6.07, 6.45) is -0.366. The fraction of sp³-hybridized carbons (Fsp3) is 0.645. The number of aromatic nitrogens is 4. The van der Waals surface area contributed by atoms with Crippen LogP contribution in [0.2, 0.25) is 25.7 Å². The molecule has 260 valence electrons. The minimum absolute atomic E-state index is 0.0401. The van der Waals surface area contributed by atoms with Gasteiger partial charge in [-0.1, -0.05) is 49.1 Å². The van der Waals surface area contributed by atoms with Crippen LogP contribution in [0.15, 0.2) is 17.0 Å². The van der Waals surface area contributed by atoms with Gasteiger partial charge in [-0.05, 0) is 31.0 Å². The molecular formula is C31H42F2N8O4S2Si. The number of nitrogens with zero attached hydrogens (tertiary/aromatic N) is 8. The molecule has 3 fully saturated rings. The Morgan fingerprint density at radius 3 is 2.40 bits per heavy atom. The summed E-state index contributed by atoms with van der Waals surface area (Å²) in [5, 5.41) is 12.4. The van der Waals surface area contributed by atoms with Gasteiger partial charge < -0.3 is 14.5 Å². The third-order valence-electron chi connectivity index (χ3n) is 9.45. The van der Waals surface area contributed by atoms with Crippen LogP contribution >= 0.6 is 11.3 Å². The topological polar surface area (TPSA) is 118 Å². The number of sulfonamides is 1.